The molecule has 0 aromatic heterocycles. The number of carbonyl (C=O) groups is 1. The highest BCUT2D eigenvalue weighted by atomic mass is 16.1. The Morgan fingerprint density at radius 2 is 1.93 bits per heavy atom. The van der Waals surface area contributed by atoms with Crippen LogP contribution in [0.2, 0.25) is 0 Å². The fourth-order valence-electron chi connectivity index (χ4n) is 1.57. The number of primary amides is 1. The molecule has 0 aliphatic heterocycles. The second-order valence-corrected chi connectivity index (χ2v) is 4.45. The van der Waals surface area contributed by atoms with Gasteiger partial charge in [0.15, 0.2) is 0 Å². The van der Waals surface area contributed by atoms with Gasteiger partial charge in [-0.15, -0.1) is 0 Å². The predicted molar refractivity (Wildman–Crippen MR) is 59.9 cm³/mol. The molecule has 84 valence electrons. The molecule has 0 bridgehead atoms. The Morgan fingerprint density at radius 3 is 2.29 bits per heavy atom. The second kappa shape index (κ2) is 6.82. The summed E-state index contributed by atoms with van der Waals surface area (Å²) in [6.45, 7) is 9.29. The molecule has 0 saturated heterocycles. The summed E-state index contributed by atoms with van der Waals surface area (Å²) in [4.78, 5) is 11.2. The highest BCUT2D eigenvalue weighted by molar-refractivity contribution is 5.80. The first-order chi connectivity index (χ1) is 6.49. The average molecular weight is 200 g/mol. The van der Waals surface area contributed by atoms with Crippen molar-refractivity contribution in [3.05, 3.63) is 0 Å². The largest absolute Gasteiger partial charge is 0.368 e. The Bertz CT molecular complexity index is 169. The SMILES string of the molecule is CCCC(C)C(NCC(C)C)C(N)=O. The standard InChI is InChI=1S/C11H24N2O/c1-5-6-9(4)10(11(12)14)13-7-8(2)3/h8-10,13H,5-7H2,1-4H3,(H2,12,14). The lowest BCUT2D eigenvalue weighted by molar-refractivity contribution is -0.121. The van der Waals surface area contributed by atoms with Gasteiger partial charge in [-0.05, 0) is 24.8 Å². The molecule has 0 heterocycles. The van der Waals surface area contributed by atoms with Crippen molar-refractivity contribution < 1.29 is 4.79 Å². The molecule has 0 aliphatic carbocycles. The van der Waals surface area contributed by atoms with Crippen molar-refractivity contribution in [3.8, 4) is 0 Å². The molecule has 0 fully saturated rings. The summed E-state index contributed by atoms with van der Waals surface area (Å²) >= 11 is 0. The van der Waals surface area contributed by atoms with Crippen molar-refractivity contribution in [2.45, 2.75) is 46.6 Å². The van der Waals surface area contributed by atoms with Gasteiger partial charge in [0.05, 0.1) is 6.04 Å². The van der Waals surface area contributed by atoms with E-state index in [4.69, 9.17) is 5.73 Å². The van der Waals surface area contributed by atoms with Gasteiger partial charge in [0.25, 0.3) is 0 Å². The van der Waals surface area contributed by atoms with E-state index in [0.29, 0.717) is 11.8 Å². The van der Waals surface area contributed by atoms with E-state index in [1.165, 1.54) is 0 Å². The van der Waals surface area contributed by atoms with Gasteiger partial charge in [0.1, 0.15) is 0 Å². The molecule has 3 N–H and O–H groups in total. The normalized spacial score (nSPS) is 15.5. The Labute approximate surface area is 87.4 Å². The zero-order valence-electron chi connectivity index (χ0n) is 9.84. The topological polar surface area (TPSA) is 55.1 Å². The van der Waals surface area contributed by atoms with Gasteiger partial charge in [-0.25, -0.2) is 0 Å². The maximum atomic E-state index is 11.2. The molecule has 0 rings (SSSR count). The molecule has 0 aromatic carbocycles. The summed E-state index contributed by atoms with van der Waals surface area (Å²) in [7, 11) is 0. The van der Waals surface area contributed by atoms with Crippen LogP contribution in [-0.4, -0.2) is 18.5 Å². The van der Waals surface area contributed by atoms with Crippen molar-refractivity contribution in [3.63, 3.8) is 0 Å². The number of nitrogens with two attached hydrogens (primary N) is 1. The van der Waals surface area contributed by atoms with Crippen molar-refractivity contribution in [2.75, 3.05) is 6.54 Å². The van der Waals surface area contributed by atoms with E-state index >= 15 is 0 Å². The molecular weight excluding hydrogens is 176 g/mol. The molecule has 0 radical (unpaired) electrons. The first-order valence-corrected chi connectivity index (χ1v) is 5.51. The van der Waals surface area contributed by atoms with Crippen molar-refractivity contribution in [1.29, 1.82) is 0 Å². The van der Waals surface area contributed by atoms with Crippen LogP contribution in [0.25, 0.3) is 0 Å². The van der Waals surface area contributed by atoms with Gasteiger partial charge in [-0.2, -0.15) is 0 Å². The van der Waals surface area contributed by atoms with E-state index in [0.717, 1.165) is 19.4 Å². The van der Waals surface area contributed by atoms with Gasteiger partial charge in [-0.1, -0.05) is 34.1 Å². The van der Waals surface area contributed by atoms with Crippen LogP contribution in [0, 0.1) is 11.8 Å². The highest BCUT2D eigenvalue weighted by Crippen LogP contribution is 2.10. The molecule has 0 spiro atoms. The van der Waals surface area contributed by atoms with Crippen LogP contribution in [0.3, 0.4) is 0 Å². The molecule has 2 unspecified atom stereocenters. The van der Waals surface area contributed by atoms with Crippen LogP contribution in [-0.2, 0) is 4.79 Å². The van der Waals surface area contributed by atoms with Crippen LogP contribution in [0.1, 0.15) is 40.5 Å². The number of nitrogens with one attached hydrogen (secondary N) is 1. The third-order valence-electron chi connectivity index (χ3n) is 2.37. The smallest absolute Gasteiger partial charge is 0.234 e. The minimum Gasteiger partial charge on any atom is -0.368 e. The third kappa shape index (κ3) is 5.22. The minimum absolute atomic E-state index is 0.169. The first-order valence-electron chi connectivity index (χ1n) is 5.51. The Balaban J connectivity index is 4.07. The number of hydrogen-bond acceptors (Lipinski definition) is 2. The van der Waals surface area contributed by atoms with E-state index in [2.05, 4.69) is 33.0 Å². The number of rotatable bonds is 7. The first kappa shape index (κ1) is 13.4. The third-order valence-corrected chi connectivity index (χ3v) is 2.37. The van der Waals surface area contributed by atoms with Gasteiger partial charge < -0.3 is 11.1 Å². The Hall–Kier alpha value is -0.570. The minimum atomic E-state index is -0.230. The van der Waals surface area contributed by atoms with Crippen LogP contribution < -0.4 is 11.1 Å². The van der Waals surface area contributed by atoms with E-state index < -0.39 is 0 Å². The average Bonchev–Trinajstić information content (AvgIpc) is 2.03. The molecule has 0 aromatic rings. The quantitative estimate of drug-likeness (QED) is 0.654. The summed E-state index contributed by atoms with van der Waals surface area (Å²) in [5.41, 5.74) is 5.35. The lowest BCUT2D eigenvalue weighted by atomic mass is 9.96. The molecule has 3 heteroatoms. The van der Waals surface area contributed by atoms with Gasteiger partial charge in [0, 0.05) is 0 Å². The summed E-state index contributed by atoms with van der Waals surface area (Å²) in [6, 6.07) is -0.169. The van der Waals surface area contributed by atoms with Crippen molar-refractivity contribution in [1.82, 2.24) is 5.32 Å². The fraction of sp³-hybridized carbons (Fsp3) is 0.909. The molecule has 3 nitrogen and oxygen atoms in total. The highest BCUT2D eigenvalue weighted by Gasteiger charge is 2.21. The molecule has 14 heavy (non-hydrogen) atoms. The number of carbonyl (C=O) groups excluding carboxylic acids is 1. The maximum Gasteiger partial charge on any atom is 0.234 e. The lowest BCUT2D eigenvalue weighted by Gasteiger charge is -2.22. The van der Waals surface area contributed by atoms with E-state index in [1.54, 1.807) is 0 Å². The molecule has 2 atom stereocenters. The molecule has 0 saturated carbocycles. The van der Waals surface area contributed by atoms with Crippen LogP contribution in [0.15, 0.2) is 0 Å². The van der Waals surface area contributed by atoms with Crippen LogP contribution >= 0.6 is 0 Å². The Kier molecular flexibility index (Phi) is 6.54. The summed E-state index contributed by atoms with van der Waals surface area (Å²) < 4.78 is 0. The predicted octanol–water partition coefficient (Wildman–Crippen LogP) is 1.52. The van der Waals surface area contributed by atoms with Crippen LogP contribution in [0.5, 0.6) is 0 Å². The van der Waals surface area contributed by atoms with Crippen LogP contribution in [0.4, 0.5) is 0 Å². The van der Waals surface area contributed by atoms with Gasteiger partial charge >= 0.3 is 0 Å². The molecule has 0 aliphatic rings. The second-order valence-electron chi connectivity index (χ2n) is 4.45. The van der Waals surface area contributed by atoms with E-state index in [-0.39, 0.29) is 11.9 Å². The summed E-state index contributed by atoms with van der Waals surface area (Å²) in [5.74, 6) is 0.647. The molecular formula is C11H24N2O. The van der Waals surface area contributed by atoms with E-state index in [9.17, 15) is 4.79 Å². The maximum absolute atomic E-state index is 11.2. The van der Waals surface area contributed by atoms with E-state index in [1.807, 2.05) is 0 Å². The number of hydrogen-bond donors (Lipinski definition) is 2. The van der Waals surface area contributed by atoms with Crippen molar-refractivity contribution in [2.24, 2.45) is 17.6 Å². The summed E-state index contributed by atoms with van der Waals surface area (Å²) in [5, 5.41) is 3.23. The van der Waals surface area contributed by atoms with Gasteiger partial charge in [-0.3, -0.25) is 4.79 Å². The number of amides is 1. The zero-order valence-corrected chi connectivity index (χ0v) is 9.84. The van der Waals surface area contributed by atoms with Crippen molar-refractivity contribution >= 4 is 5.91 Å². The van der Waals surface area contributed by atoms with Gasteiger partial charge in [0.2, 0.25) is 5.91 Å². The lowest BCUT2D eigenvalue weighted by Crippen LogP contribution is -2.46. The molecule has 1 amide bonds. The monoisotopic (exact) mass is 200 g/mol. The Morgan fingerprint density at radius 1 is 1.36 bits per heavy atom. The fourth-order valence-corrected chi connectivity index (χ4v) is 1.57. The zero-order chi connectivity index (χ0) is 11.1. The summed E-state index contributed by atoms with van der Waals surface area (Å²) in [6.07, 6.45) is 2.13.